The summed E-state index contributed by atoms with van der Waals surface area (Å²) in [5.41, 5.74) is 3.86. The van der Waals surface area contributed by atoms with E-state index in [0.717, 1.165) is 23.2 Å². The van der Waals surface area contributed by atoms with E-state index in [1.165, 1.54) is 24.1 Å². The smallest absolute Gasteiger partial charge is 0.0660 e. The molecule has 1 aromatic carbocycles. The molecule has 0 atom stereocenters. The van der Waals surface area contributed by atoms with Gasteiger partial charge in [0.25, 0.3) is 0 Å². The summed E-state index contributed by atoms with van der Waals surface area (Å²) in [6.07, 6.45) is 4.59. The molecule has 0 aliphatic heterocycles. The number of hydrogen-bond donors (Lipinski definition) is 1. The monoisotopic (exact) mass is 319 g/mol. The highest BCUT2D eigenvalue weighted by molar-refractivity contribution is 9.10. The molecule has 1 aromatic heterocycles. The van der Waals surface area contributed by atoms with Crippen LogP contribution in [0.25, 0.3) is 5.69 Å². The van der Waals surface area contributed by atoms with Gasteiger partial charge in [-0.1, -0.05) is 28.9 Å². The Bertz CT molecular complexity index is 573. The van der Waals surface area contributed by atoms with E-state index >= 15 is 0 Å². The number of nitrogens with one attached hydrogen (secondary N) is 1. The van der Waals surface area contributed by atoms with E-state index < -0.39 is 0 Å². The summed E-state index contributed by atoms with van der Waals surface area (Å²) in [6, 6.07) is 8.33. The third kappa shape index (κ3) is 2.74. The second-order valence-electron chi connectivity index (χ2n) is 5.00. The van der Waals surface area contributed by atoms with Crippen LogP contribution in [0.5, 0.6) is 0 Å². The predicted octanol–water partition coefficient (Wildman–Crippen LogP) is 3.62. The van der Waals surface area contributed by atoms with Crippen molar-refractivity contribution in [1.82, 2.24) is 15.1 Å². The van der Waals surface area contributed by atoms with Gasteiger partial charge < -0.3 is 5.32 Å². The Balaban J connectivity index is 1.99. The first-order valence-electron chi connectivity index (χ1n) is 6.83. The zero-order chi connectivity index (χ0) is 13.2. The number of nitrogens with zero attached hydrogens (tertiary/aromatic N) is 2. The maximum atomic E-state index is 4.60. The van der Waals surface area contributed by atoms with E-state index in [9.17, 15) is 0 Å². The first kappa shape index (κ1) is 12.9. The van der Waals surface area contributed by atoms with Gasteiger partial charge in [-0.25, -0.2) is 4.68 Å². The SMILES string of the molecule is CCNCc1cnn(-c2cccc(Br)c2)c1C1CC1. The van der Waals surface area contributed by atoms with Crippen LogP contribution in [-0.4, -0.2) is 16.3 Å². The van der Waals surface area contributed by atoms with E-state index in [4.69, 9.17) is 0 Å². The molecular formula is C15H18BrN3. The van der Waals surface area contributed by atoms with E-state index in [1.54, 1.807) is 0 Å². The number of aromatic nitrogens is 2. The highest BCUT2D eigenvalue weighted by Gasteiger charge is 2.30. The van der Waals surface area contributed by atoms with Gasteiger partial charge in [0, 0.05) is 22.5 Å². The summed E-state index contributed by atoms with van der Waals surface area (Å²) in [7, 11) is 0. The van der Waals surface area contributed by atoms with Crippen molar-refractivity contribution in [3.63, 3.8) is 0 Å². The lowest BCUT2D eigenvalue weighted by atomic mass is 10.1. The van der Waals surface area contributed by atoms with Gasteiger partial charge in [0.15, 0.2) is 0 Å². The number of halogens is 1. The molecule has 100 valence electrons. The maximum absolute atomic E-state index is 4.60. The fourth-order valence-corrected chi connectivity index (χ4v) is 2.78. The van der Waals surface area contributed by atoms with Gasteiger partial charge in [0.2, 0.25) is 0 Å². The van der Waals surface area contributed by atoms with Crippen LogP contribution in [-0.2, 0) is 6.54 Å². The molecule has 3 nitrogen and oxygen atoms in total. The van der Waals surface area contributed by atoms with Crippen LogP contribution in [0.3, 0.4) is 0 Å². The standard InChI is InChI=1S/C15H18BrN3/c1-2-17-9-12-10-18-19(15(12)11-6-7-11)14-5-3-4-13(16)8-14/h3-5,8,10-11,17H,2,6-7,9H2,1H3. The first-order chi connectivity index (χ1) is 9.29. The molecule has 0 bridgehead atoms. The largest absolute Gasteiger partial charge is 0.313 e. The summed E-state index contributed by atoms with van der Waals surface area (Å²) in [5.74, 6) is 0.690. The van der Waals surface area contributed by atoms with Crippen LogP contribution >= 0.6 is 15.9 Å². The van der Waals surface area contributed by atoms with Crippen molar-refractivity contribution in [2.24, 2.45) is 0 Å². The number of hydrogen-bond acceptors (Lipinski definition) is 2. The van der Waals surface area contributed by atoms with E-state index in [2.05, 4.69) is 56.2 Å². The average Bonchev–Trinajstić information content (AvgIpc) is 3.16. The molecule has 0 saturated heterocycles. The molecule has 3 rings (SSSR count). The summed E-state index contributed by atoms with van der Waals surface area (Å²) in [5, 5.41) is 8.00. The second kappa shape index (κ2) is 5.47. The minimum Gasteiger partial charge on any atom is -0.313 e. The Morgan fingerprint density at radius 3 is 2.95 bits per heavy atom. The van der Waals surface area contributed by atoms with Gasteiger partial charge in [0.1, 0.15) is 0 Å². The van der Waals surface area contributed by atoms with Gasteiger partial charge in [0.05, 0.1) is 17.6 Å². The fraction of sp³-hybridized carbons (Fsp3) is 0.400. The van der Waals surface area contributed by atoms with Gasteiger partial charge in [-0.3, -0.25) is 0 Å². The van der Waals surface area contributed by atoms with Crippen molar-refractivity contribution < 1.29 is 0 Å². The van der Waals surface area contributed by atoms with E-state index in [-0.39, 0.29) is 0 Å². The highest BCUT2D eigenvalue weighted by Crippen LogP contribution is 2.42. The Morgan fingerprint density at radius 1 is 1.42 bits per heavy atom. The zero-order valence-corrected chi connectivity index (χ0v) is 12.7. The van der Waals surface area contributed by atoms with Gasteiger partial charge in [-0.15, -0.1) is 0 Å². The molecule has 4 heteroatoms. The molecule has 0 unspecified atom stereocenters. The molecule has 19 heavy (non-hydrogen) atoms. The summed E-state index contributed by atoms with van der Waals surface area (Å²) >= 11 is 3.53. The molecule has 1 N–H and O–H groups in total. The lowest BCUT2D eigenvalue weighted by molar-refractivity contribution is 0.714. The molecular weight excluding hydrogens is 302 g/mol. The summed E-state index contributed by atoms with van der Waals surface area (Å²) in [6.45, 7) is 4.04. The zero-order valence-electron chi connectivity index (χ0n) is 11.1. The van der Waals surface area contributed by atoms with Crippen molar-refractivity contribution in [2.75, 3.05) is 6.54 Å². The molecule has 1 aliphatic rings. The van der Waals surface area contributed by atoms with Crippen LogP contribution in [0, 0.1) is 0 Å². The third-order valence-electron chi connectivity index (χ3n) is 3.47. The van der Waals surface area contributed by atoms with Crippen molar-refractivity contribution in [2.45, 2.75) is 32.2 Å². The molecule has 0 radical (unpaired) electrons. The van der Waals surface area contributed by atoms with Crippen LogP contribution in [0.4, 0.5) is 0 Å². The minimum atomic E-state index is 0.690. The van der Waals surface area contributed by atoms with Gasteiger partial charge in [-0.05, 0) is 37.6 Å². The molecule has 1 heterocycles. The topological polar surface area (TPSA) is 29.9 Å². The highest BCUT2D eigenvalue weighted by atomic mass is 79.9. The average molecular weight is 320 g/mol. The second-order valence-corrected chi connectivity index (χ2v) is 5.92. The predicted molar refractivity (Wildman–Crippen MR) is 80.6 cm³/mol. The molecule has 2 aromatic rings. The first-order valence-corrected chi connectivity index (χ1v) is 7.62. The molecule has 1 saturated carbocycles. The van der Waals surface area contributed by atoms with E-state index in [1.807, 2.05) is 12.3 Å². The maximum Gasteiger partial charge on any atom is 0.0660 e. The molecule has 0 amide bonds. The third-order valence-corrected chi connectivity index (χ3v) is 3.96. The summed E-state index contributed by atoms with van der Waals surface area (Å²) < 4.78 is 3.20. The Morgan fingerprint density at radius 2 is 2.26 bits per heavy atom. The molecule has 1 aliphatic carbocycles. The lowest BCUT2D eigenvalue weighted by Gasteiger charge is -2.09. The van der Waals surface area contributed by atoms with Crippen LogP contribution in [0.2, 0.25) is 0 Å². The fourth-order valence-electron chi connectivity index (χ4n) is 2.39. The van der Waals surface area contributed by atoms with Crippen LogP contribution in [0.1, 0.15) is 36.9 Å². The summed E-state index contributed by atoms with van der Waals surface area (Å²) in [4.78, 5) is 0. The Kier molecular flexibility index (Phi) is 3.71. The molecule has 0 spiro atoms. The van der Waals surface area contributed by atoms with Crippen molar-refractivity contribution in [3.8, 4) is 5.69 Å². The normalized spacial score (nSPS) is 14.8. The Hall–Kier alpha value is -1.13. The lowest BCUT2D eigenvalue weighted by Crippen LogP contribution is -2.13. The van der Waals surface area contributed by atoms with Crippen molar-refractivity contribution in [1.29, 1.82) is 0 Å². The van der Waals surface area contributed by atoms with Crippen LogP contribution < -0.4 is 5.32 Å². The van der Waals surface area contributed by atoms with Crippen LogP contribution in [0.15, 0.2) is 34.9 Å². The van der Waals surface area contributed by atoms with E-state index in [0.29, 0.717) is 5.92 Å². The minimum absolute atomic E-state index is 0.690. The van der Waals surface area contributed by atoms with Crippen molar-refractivity contribution >= 4 is 15.9 Å². The molecule has 1 fully saturated rings. The number of benzene rings is 1. The van der Waals surface area contributed by atoms with Gasteiger partial charge >= 0.3 is 0 Å². The quantitative estimate of drug-likeness (QED) is 0.912. The Labute approximate surface area is 122 Å². The van der Waals surface area contributed by atoms with Gasteiger partial charge in [-0.2, -0.15) is 5.10 Å². The van der Waals surface area contributed by atoms with Crippen molar-refractivity contribution in [3.05, 3.63) is 46.2 Å². The number of rotatable bonds is 5.